The predicted octanol–water partition coefficient (Wildman–Crippen LogP) is 4.35. The van der Waals surface area contributed by atoms with Crippen molar-refractivity contribution < 1.29 is 18.7 Å². The van der Waals surface area contributed by atoms with E-state index >= 15 is 0 Å². The quantitative estimate of drug-likeness (QED) is 0.512. The average Bonchev–Trinajstić information content (AvgIpc) is 2.91. The minimum Gasteiger partial charge on any atom is -0.497 e. The number of fused-ring (bicyclic) bond motifs is 1. The van der Waals surface area contributed by atoms with Gasteiger partial charge in [-0.1, -0.05) is 15.9 Å². The van der Waals surface area contributed by atoms with E-state index in [0.29, 0.717) is 17.1 Å². The molecule has 1 aromatic heterocycles. The first-order valence-corrected chi connectivity index (χ1v) is 7.45. The minimum absolute atomic E-state index is 0.148. The molecule has 3 rings (SSSR count). The standard InChI is InChI=1S/C17H13BrO4/c1-20-14-6-7-15-11(10-21-16(15)9-14)8-17(19)22-13-4-2-12(18)3-5-13/h2-7,9-10H,8H2,1H3. The van der Waals surface area contributed by atoms with Crippen LogP contribution in [-0.4, -0.2) is 13.1 Å². The molecule has 0 aliphatic heterocycles. The average molecular weight is 361 g/mol. The van der Waals surface area contributed by atoms with Gasteiger partial charge in [-0.15, -0.1) is 0 Å². The predicted molar refractivity (Wildman–Crippen MR) is 86.2 cm³/mol. The molecule has 0 N–H and O–H groups in total. The monoisotopic (exact) mass is 360 g/mol. The largest absolute Gasteiger partial charge is 0.497 e. The fourth-order valence-electron chi connectivity index (χ4n) is 2.15. The van der Waals surface area contributed by atoms with Crippen LogP contribution < -0.4 is 9.47 Å². The number of furan rings is 1. The first kappa shape index (κ1) is 14.7. The highest BCUT2D eigenvalue weighted by Gasteiger charge is 2.13. The summed E-state index contributed by atoms with van der Waals surface area (Å²) in [6, 6.07) is 12.6. The molecule has 5 heteroatoms. The maximum absolute atomic E-state index is 12.0. The number of esters is 1. The van der Waals surface area contributed by atoms with Crippen LogP contribution in [0, 0.1) is 0 Å². The van der Waals surface area contributed by atoms with Crippen LogP contribution in [-0.2, 0) is 11.2 Å². The van der Waals surface area contributed by atoms with E-state index in [1.807, 2.05) is 24.3 Å². The molecule has 0 saturated heterocycles. The summed E-state index contributed by atoms with van der Waals surface area (Å²) in [6.07, 6.45) is 1.72. The molecule has 0 saturated carbocycles. The number of carbonyl (C=O) groups excluding carboxylic acids is 1. The molecular formula is C17H13BrO4. The molecule has 0 aliphatic rings. The van der Waals surface area contributed by atoms with Gasteiger partial charge >= 0.3 is 5.97 Å². The van der Waals surface area contributed by atoms with E-state index in [1.165, 1.54) is 0 Å². The second-order valence-electron chi connectivity index (χ2n) is 4.73. The number of carbonyl (C=O) groups is 1. The Morgan fingerprint density at radius 3 is 2.59 bits per heavy atom. The van der Waals surface area contributed by atoms with Crippen LogP contribution in [0.1, 0.15) is 5.56 Å². The Bertz CT molecular complexity index is 805. The highest BCUT2D eigenvalue weighted by molar-refractivity contribution is 9.10. The van der Waals surface area contributed by atoms with Crippen molar-refractivity contribution in [2.45, 2.75) is 6.42 Å². The molecule has 2 aromatic carbocycles. The van der Waals surface area contributed by atoms with Crippen molar-refractivity contribution in [3.8, 4) is 11.5 Å². The van der Waals surface area contributed by atoms with Crippen molar-refractivity contribution in [3.05, 3.63) is 58.8 Å². The van der Waals surface area contributed by atoms with Crippen molar-refractivity contribution in [3.63, 3.8) is 0 Å². The van der Waals surface area contributed by atoms with Gasteiger partial charge in [0.1, 0.15) is 17.1 Å². The Balaban J connectivity index is 1.75. The summed E-state index contributed by atoms with van der Waals surface area (Å²) in [5.41, 5.74) is 1.48. The molecule has 0 unspecified atom stereocenters. The summed E-state index contributed by atoms with van der Waals surface area (Å²) in [5, 5.41) is 0.883. The minimum atomic E-state index is -0.333. The van der Waals surface area contributed by atoms with E-state index in [-0.39, 0.29) is 12.4 Å². The van der Waals surface area contributed by atoms with E-state index < -0.39 is 0 Å². The fraction of sp³-hybridized carbons (Fsp3) is 0.118. The number of methoxy groups -OCH3 is 1. The second-order valence-corrected chi connectivity index (χ2v) is 5.64. The lowest BCUT2D eigenvalue weighted by molar-refractivity contribution is -0.133. The molecule has 22 heavy (non-hydrogen) atoms. The van der Waals surface area contributed by atoms with Gasteiger partial charge in [-0.25, -0.2) is 0 Å². The second kappa shape index (κ2) is 6.23. The number of hydrogen-bond acceptors (Lipinski definition) is 4. The Morgan fingerprint density at radius 1 is 1.14 bits per heavy atom. The first-order chi connectivity index (χ1) is 10.7. The molecular weight excluding hydrogens is 348 g/mol. The molecule has 0 spiro atoms. The number of hydrogen-bond donors (Lipinski definition) is 0. The highest BCUT2D eigenvalue weighted by atomic mass is 79.9. The van der Waals surface area contributed by atoms with E-state index in [2.05, 4.69) is 15.9 Å². The molecule has 0 amide bonds. The van der Waals surface area contributed by atoms with Crippen molar-refractivity contribution in [2.75, 3.05) is 7.11 Å². The van der Waals surface area contributed by atoms with E-state index in [9.17, 15) is 4.79 Å². The lowest BCUT2D eigenvalue weighted by atomic mass is 10.1. The summed E-state index contributed by atoms with van der Waals surface area (Å²) in [4.78, 5) is 12.0. The van der Waals surface area contributed by atoms with Crippen molar-refractivity contribution >= 4 is 32.9 Å². The van der Waals surface area contributed by atoms with Crippen LogP contribution in [0.3, 0.4) is 0 Å². The Hall–Kier alpha value is -2.27. The zero-order valence-corrected chi connectivity index (χ0v) is 13.4. The molecule has 112 valence electrons. The maximum Gasteiger partial charge on any atom is 0.315 e. The lowest BCUT2D eigenvalue weighted by Gasteiger charge is -2.04. The molecule has 4 nitrogen and oxygen atoms in total. The van der Waals surface area contributed by atoms with Crippen molar-refractivity contribution in [1.82, 2.24) is 0 Å². The molecule has 0 aliphatic carbocycles. The third kappa shape index (κ3) is 3.14. The van der Waals surface area contributed by atoms with Gasteiger partial charge in [0.25, 0.3) is 0 Å². The number of benzene rings is 2. The molecule has 3 aromatic rings. The summed E-state index contributed by atoms with van der Waals surface area (Å²) in [7, 11) is 1.60. The van der Waals surface area contributed by atoms with Gasteiger partial charge in [-0.05, 0) is 36.4 Å². The maximum atomic E-state index is 12.0. The van der Waals surface area contributed by atoms with Gasteiger partial charge in [0.05, 0.1) is 19.8 Å². The summed E-state index contributed by atoms with van der Waals surface area (Å²) < 4.78 is 16.9. The summed E-state index contributed by atoms with van der Waals surface area (Å²) >= 11 is 3.34. The Morgan fingerprint density at radius 2 is 1.86 bits per heavy atom. The molecule has 0 atom stereocenters. The van der Waals surface area contributed by atoms with Gasteiger partial charge in [-0.3, -0.25) is 4.79 Å². The van der Waals surface area contributed by atoms with Gasteiger partial charge in [0.2, 0.25) is 0 Å². The summed E-state index contributed by atoms with van der Waals surface area (Å²) in [5.74, 6) is 0.898. The highest BCUT2D eigenvalue weighted by Crippen LogP contribution is 2.26. The third-order valence-corrected chi connectivity index (χ3v) is 3.77. The molecule has 1 heterocycles. The van der Waals surface area contributed by atoms with E-state index in [4.69, 9.17) is 13.9 Å². The van der Waals surface area contributed by atoms with Crippen LogP contribution in [0.15, 0.2) is 57.6 Å². The van der Waals surface area contributed by atoms with Crippen LogP contribution >= 0.6 is 15.9 Å². The Kier molecular flexibility index (Phi) is 4.15. The van der Waals surface area contributed by atoms with Crippen molar-refractivity contribution in [2.24, 2.45) is 0 Å². The first-order valence-electron chi connectivity index (χ1n) is 6.66. The SMILES string of the molecule is COc1ccc2c(CC(=O)Oc3ccc(Br)cc3)coc2c1. The zero-order valence-electron chi connectivity index (χ0n) is 11.8. The van der Waals surface area contributed by atoms with Crippen LogP contribution in [0.5, 0.6) is 11.5 Å². The smallest absolute Gasteiger partial charge is 0.315 e. The molecule has 0 radical (unpaired) electrons. The topological polar surface area (TPSA) is 48.7 Å². The number of halogens is 1. The van der Waals surface area contributed by atoms with Crippen LogP contribution in [0.25, 0.3) is 11.0 Å². The van der Waals surface area contributed by atoms with E-state index in [1.54, 1.807) is 31.6 Å². The molecule has 0 bridgehead atoms. The number of rotatable bonds is 4. The summed E-state index contributed by atoms with van der Waals surface area (Å²) in [6.45, 7) is 0. The van der Waals surface area contributed by atoms with Gasteiger partial charge in [0.15, 0.2) is 0 Å². The van der Waals surface area contributed by atoms with Gasteiger partial charge in [-0.2, -0.15) is 0 Å². The zero-order chi connectivity index (χ0) is 15.5. The molecule has 0 fully saturated rings. The fourth-order valence-corrected chi connectivity index (χ4v) is 2.42. The normalized spacial score (nSPS) is 10.6. The Labute approximate surface area is 135 Å². The van der Waals surface area contributed by atoms with Gasteiger partial charge in [0, 0.05) is 21.5 Å². The third-order valence-electron chi connectivity index (χ3n) is 3.24. The van der Waals surface area contributed by atoms with Gasteiger partial charge < -0.3 is 13.9 Å². The number of ether oxygens (including phenoxy) is 2. The van der Waals surface area contributed by atoms with Crippen LogP contribution in [0.2, 0.25) is 0 Å². The van der Waals surface area contributed by atoms with E-state index in [0.717, 1.165) is 15.4 Å². The van der Waals surface area contributed by atoms with Crippen molar-refractivity contribution in [1.29, 1.82) is 0 Å². The lowest BCUT2D eigenvalue weighted by Crippen LogP contribution is -2.10. The van der Waals surface area contributed by atoms with Crippen LogP contribution in [0.4, 0.5) is 0 Å².